The number of aryl methyl sites for hydroxylation is 2. The van der Waals surface area contributed by atoms with Crippen molar-refractivity contribution in [1.29, 1.82) is 0 Å². The van der Waals surface area contributed by atoms with E-state index in [9.17, 15) is 0 Å². The summed E-state index contributed by atoms with van der Waals surface area (Å²) in [4.78, 5) is 9.56. The molecule has 2 rings (SSSR count). The molecule has 1 unspecified atom stereocenters. The van der Waals surface area contributed by atoms with Crippen molar-refractivity contribution in [3.8, 4) is 0 Å². The van der Waals surface area contributed by atoms with Gasteiger partial charge in [-0.3, -0.25) is 4.99 Å². The fourth-order valence-electron chi connectivity index (χ4n) is 3.05. The third kappa shape index (κ3) is 5.80. The zero-order valence-electron chi connectivity index (χ0n) is 15.7. The van der Waals surface area contributed by atoms with Crippen LogP contribution >= 0.6 is 0 Å². The second-order valence-electron chi connectivity index (χ2n) is 6.99. The average Bonchev–Trinajstić information content (AvgIpc) is 2.57. The number of anilines is 1. The molecule has 0 aliphatic carbocycles. The number of aliphatic imine (C=N–C) groups is 1. The Morgan fingerprint density at radius 2 is 1.83 bits per heavy atom. The van der Waals surface area contributed by atoms with Crippen LogP contribution in [0.2, 0.25) is 0 Å². The number of hydrogen-bond acceptors (Lipinski definition) is 3. The van der Waals surface area contributed by atoms with E-state index in [1.807, 2.05) is 6.07 Å². The summed E-state index contributed by atoms with van der Waals surface area (Å²) in [6.45, 7) is 16.4. The maximum atomic E-state index is 6.03. The summed E-state index contributed by atoms with van der Waals surface area (Å²) < 4.78 is 0. The molecule has 1 aromatic rings. The van der Waals surface area contributed by atoms with Gasteiger partial charge in [0.05, 0.1) is 0 Å². The van der Waals surface area contributed by atoms with Gasteiger partial charge in [-0.1, -0.05) is 19.9 Å². The van der Waals surface area contributed by atoms with Gasteiger partial charge in [0.1, 0.15) is 0 Å². The minimum atomic E-state index is 0.501. The molecule has 1 aromatic carbocycles. The fraction of sp³-hybridized carbons (Fsp3) is 0.632. The molecular formula is C19H33N5. The number of hydrogen-bond donors (Lipinski definition) is 2. The lowest BCUT2D eigenvalue weighted by Gasteiger charge is -2.35. The first-order valence-electron chi connectivity index (χ1n) is 9.06. The van der Waals surface area contributed by atoms with Crippen LogP contribution in [0.25, 0.3) is 0 Å². The molecule has 1 atom stereocenters. The number of nitrogens with two attached hydrogens (primary N) is 1. The van der Waals surface area contributed by atoms with Gasteiger partial charge >= 0.3 is 0 Å². The first-order valence-corrected chi connectivity index (χ1v) is 9.06. The molecule has 1 heterocycles. The lowest BCUT2D eigenvalue weighted by Crippen LogP contribution is -2.47. The van der Waals surface area contributed by atoms with Crippen LogP contribution in [0.3, 0.4) is 0 Å². The minimum Gasteiger partial charge on any atom is -0.370 e. The molecule has 0 spiro atoms. The highest BCUT2D eigenvalue weighted by Crippen LogP contribution is 2.14. The number of nitrogens with zero attached hydrogens (tertiary/aromatic N) is 3. The summed E-state index contributed by atoms with van der Waals surface area (Å²) in [6.07, 6.45) is 0. The Kier molecular flexibility index (Phi) is 7.06. The molecule has 24 heavy (non-hydrogen) atoms. The molecule has 0 saturated carbocycles. The van der Waals surface area contributed by atoms with Crippen molar-refractivity contribution in [2.24, 2.45) is 16.6 Å². The second-order valence-corrected chi connectivity index (χ2v) is 6.99. The highest BCUT2D eigenvalue weighted by molar-refractivity contribution is 5.92. The molecule has 1 saturated heterocycles. The standard InChI is InChI=1S/C19H33N5/c1-5-23-8-10-24(11-9-23)14-15(2)13-21-19(20)22-18-7-6-16(3)17(4)12-18/h6-7,12,15H,5,8-11,13-14H2,1-4H3,(H3,20,21,22). The maximum absolute atomic E-state index is 6.03. The topological polar surface area (TPSA) is 56.9 Å². The Hall–Kier alpha value is -1.59. The Balaban J connectivity index is 1.76. The van der Waals surface area contributed by atoms with Crippen molar-refractivity contribution in [2.75, 3.05) is 51.1 Å². The molecule has 1 fully saturated rings. The van der Waals surface area contributed by atoms with Gasteiger partial charge in [0, 0.05) is 45.0 Å². The Labute approximate surface area is 146 Å². The van der Waals surface area contributed by atoms with Crippen LogP contribution in [0.5, 0.6) is 0 Å². The number of benzene rings is 1. The van der Waals surface area contributed by atoms with Crippen molar-refractivity contribution in [3.05, 3.63) is 29.3 Å². The van der Waals surface area contributed by atoms with E-state index in [-0.39, 0.29) is 0 Å². The van der Waals surface area contributed by atoms with Gasteiger partial charge < -0.3 is 20.9 Å². The molecule has 0 radical (unpaired) electrons. The molecule has 5 heteroatoms. The second kappa shape index (κ2) is 9.04. The van der Waals surface area contributed by atoms with E-state index >= 15 is 0 Å². The number of rotatable bonds is 6. The van der Waals surface area contributed by atoms with E-state index in [1.165, 1.54) is 24.2 Å². The molecule has 5 nitrogen and oxygen atoms in total. The third-order valence-electron chi connectivity index (χ3n) is 4.83. The maximum Gasteiger partial charge on any atom is 0.193 e. The highest BCUT2D eigenvalue weighted by Gasteiger charge is 2.17. The van der Waals surface area contributed by atoms with Gasteiger partial charge in [0.15, 0.2) is 5.96 Å². The molecular weight excluding hydrogens is 298 g/mol. The van der Waals surface area contributed by atoms with E-state index in [0.717, 1.165) is 38.4 Å². The number of piperazine rings is 1. The molecule has 1 aliphatic rings. The van der Waals surface area contributed by atoms with Gasteiger partial charge in [-0.2, -0.15) is 0 Å². The quantitative estimate of drug-likeness (QED) is 0.620. The number of nitrogens with one attached hydrogen (secondary N) is 1. The molecule has 1 aliphatic heterocycles. The van der Waals surface area contributed by atoms with Gasteiger partial charge in [0.25, 0.3) is 0 Å². The van der Waals surface area contributed by atoms with E-state index in [4.69, 9.17) is 5.73 Å². The normalized spacial score (nSPS) is 18.6. The van der Waals surface area contributed by atoms with Gasteiger partial charge in [-0.25, -0.2) is 0 Å². The van der Waals surface area contributed by atoms with E-state index < -0.39 is 0 Å². The summed E-state index contributed by atoms with van der Waals surface area (Å²) in [6, 6.07) is 6.25. The predicted octanol–water partition coefficient (Wildman–Crippen LogP) is 2.30. The van der Waals surface area contributed by atoms with Gasteiger partial charge in [-0.05, 0) is 49.6 Å². The van der Waals surface area contributed by atoms with Gasteiger partial charge in [0.2, 0.25) is 0 Å². The van der Waals surface area contributed by atoms with Crippen molar-refractivity contribution in [2.45, 2.75) is 27.7 Å². The summed E-state index contributed by atoms with van der Waals surface area (Å²) in [5.74, 6) is 1.01. The molecule has 134 valence electrons. The van der Waals surface area contributed by atoms with E-state index in [1.54, 1.807) is 0 Å². The minimum absolute atomic E-state index is 0.501. The highest BCUT2D eigenvalue weighted by atomic mass is 15.3. The smallest absolute Gasteiger partial charge is 0.193 e. The van der Waals surface area contributed by atoms with Crippen LogP contribution in [0, 0.1) is 19.8 Å². The van der Waals surface area contributed by atoms with Crippen molar-refractivity contribution in [3.63, 3.8) is 0 Å². The number of likely N-dealkylation sites (N-methyl/N-ethyl adjacent to an activating group) is 1. The summed E-state index contributed by atoms with van der Waals surface area (Å²) in [7, 11) is 0. The number of guanidine groups is 1. The van der Waals surface area contributed by atoms with Crippen LogP contribution in [0.15, 0.2) is 23.2 Å². The van der Waals surface area contributed by atoms with Crippen molar-refractivity contribution >= 4 is 11.6 Å². The van der Waals surface area contributed by atoms with E-state index in [2.05, 4.69) is 59.9 Å². The SMILES string of the molecule is CCN1CCN(CC(C)CN=C(N)Nc2ccc(C)c(C)c2)CC1. The Morgan fingerprint density at radius 1 is 1.17 bits per heavy atom. The first kappa shape index (κ1) is 18.7. The summed E-state index contributed by atoms with van der Waals surface area (Å²) >= 11 is 0. The lowest BCUT2D eigenvalue weighted by atomic mass is 10.1. The predicted molar refractivity (Wildman–Crippen MR) is 104 cm³/mol. The van der Waals surface area contributed by atoms with Crippen LogP contribution < -0.4 is 11.1 Å². The zero-order chi connectivity index (χ0) is 17.5. The van der Waals surface area contributed by atoms with Gasteiger partial charge in [-0.15, -0.1) is 0 Å². The molecule has 0 bridgehead atoms. The third-order valence-corrected chi connectivity index (χ3v) is 4.83. The monoisotopic (exact) mass is 331 g/mol. The van der Waals surface area contributed by atoms with Crippen LogP contribution in [0.1, 0.15) is 25.0 Å². The summed E-state index contributed by atoms with van der Waals surface area (Å²) in [5, 5.41) is 3.19. The van der Waals surface area contributed by atoms with Crippen LogP contribution in [-0.4, -0.2) is 61.6 Å². The van der Waals surface area contributed by atoms with Crippen LogP contribution in [-0.2, 0) is 0 Å². The Bertz CT molecular complexity index is 547. The summed E-state index contributed by atoms with van der Waals surface area (Å²) in [5.41, 5.74) is 9.57. The Morgan fingerprint density at radius 3 is 2.46 bits per heavy atom. The molecule has 0 aromatic heterocycles. The lowest BCUT2D eigenvalue weighted by molar-refractivity contribution is 0.125. The van der Waals surface area contributed by atoms with Crippen molar-refractivity contribution < 1.29 is 0 Å². The van der Waals surface area contributed by atoms with Crippen LogP contribution in [0.4, 0.5) is 5.69 Å². The van der Waals surface area contributed by atoms with Crippen molar-refractivity contribution in [1.82, 2.24) is 9.80 Å². The average molecular weight is 332 g/mol. The zero-order valence-corrected chi connectivity index (χ0v) is 15.7. The van der Waals surface area contributed by atoms with E-state index in [0.29, 0.717) is 11.9 Å². The molecule has 3 N–H and O–H groups in total. The largest absolute Gasteiger partial charge is 0.370 e. The fourth-order valence-corrected chi connectivity index (χ4v) is 3.05. The molecule has 0 amide bonds. The first-order chi connectivity index (χ1) is 11.5.